The highest BCUT2D eigenvalue weighted by Crippen LogP contribution is 2.43. The van der Waals surface area contributed by atoms with Crippen LogP contribution in [0, 0.1) is 0 Å². The van der Waals surface area contributed by atoms with Crippen LogP contribution in [0.3, 0.4) is 0 Å². The molecule has 0 aromatic rings. The third kappa shape index (κ3) is 53.0. The fourth-order valence-electron chi connectivity index (χ4n) is 7.35. The van der Waals surface area contributed by atoms with Gasteiger partial charge in [-0.05, 0) is 109 Å². The Morgan fingerprint density at radius 3 is 1.18 bits per heavy atom. The van der Waals surface area contributed by atoms with E-state index in [9.17, 15) is 28.9 Å². The standard InChI is InChI=1S/C62H103O11P/c1-4-7-10-13-16-19-22-25-27-28-29-30-32-35-38-41-44-47-50-53-62(66)73-59(55-69-60(64)51-48-45-42-39-36-34-31-26-23-20-17-14-11-8-5-2)57-71-74(67,68)70-56-58(54-63)72-61(65)52-49-46-43-40-37-33-24-21-18-15-12-9-6-3/h7,9-10,12,16,18-19,21,25-27,29-31,33,37,43,46,58-59,63H,4-6,8,11,13-15,17,20,22-24,28,32,34-36,38-42,44-45,47-57H2,1-3H3,(H,67,68)/b10-7-,12-9-,19-16-,21-18-,27-25-,30-29-,31-26-,37-33-,46-43-. The average Bonchev–Trinajstić information content (AvgIpc) is 3.39. The number of hydrogen-bond donors (Lipinski definition) is 2. The highest BCUT2D eigenvalue weighted by Gasteiger charge is 2.28. The fourth-order valence-corrected chi connectivity index (χ4v) is 8.14. The molecule has 0 fully saturated rings. The fraction of sp³-hybridized carbons (Fsp3) is 0.661. The normalized spacial score (nSPS) is 14.2. The Bertz CT molecular complexity index is 1660. The van der Waals surface area contributed by atoms with Gasteiger partial charge in [-0.25, -0.2) is 4.57 Å². The van der Waals surface area contributed by atoms with E-state index < -0.39 is 57.8 Å². The molecule has 0 aromatic heterocycles. The summed E-state index contributed by atoms with van der Waals surface area (Å²) in [6.45, 7) is 4.29. The number of phosphoric acid groups is 1. The average molecular weight is 1060 g/mol. The number of allylic oxidation sites excluding steroid dienone is 18. The van der Waals surface area contributed by atoms with E-state index >= 15 is 0 Å². The van der Waals surface area contributed by atoms with Gasteiger partial charge in [-0.2, -0.15) is 0 Å². The summed E-state index contributed by atoms with van der Waals surface area (Å²) < 4.78 is 39.4. The van der Waals surface area contributed by atoms with E-state index in [0.29, 0.717) is 19.3 Å². The molecule has 0 bridgehead atoms. The molecule has 0 aliphatic carbocycles. The van der Waals surface area contributed by atoms with Crippen LogP contribution in [-0.4, -0.2) is 66.5 Å². The monoisotopic (exact) mass is 1050 g/mol. The van der Waals surface area contributed by atoms with Gasteiger partial charge in [0.15, 0.2) is 6.10 Å². The maximum absolute atomic E-state index is 12.9. The van der Waals surface area contributed by atoms with Crippen LogP contribution in [0.1, 0.15) is 226 Å². The van der Waals surface area contributed by atoms with Gasteiger partial charge in [-0.15, -0.1) is 0 Å². The minimum atomic E-state index is -4.78. The van der Waals surface area contributed by atoms with Gasteiger partial charge < -0.3 is 24.2 Å². The minimum Gasteiger partial charge on any atom is -0.462 e. The summed E-state index contributed by atoms with van der Waals surface area (Å²) in [5.41, 5.74) is 0. The Morgan fingerprint density at radius 2 is 0.730 bits per heavy atom. The molecule has 0 aliphatic heterocycles. The van der Waals surface area contributed by atoms with E-state index in [1.54, 1.807) is 0 Å². The van der Waals surface area contributed by atoms with Crippen LogP contribution in [0.2, 0.25) is 0 Å². The molecule has 74 heavy (non-hydrogen) atoms. The lowest BCUT2D eigenvalue weighted by Crippen LogP contribution is -2.30. The van der Waals surface area contributed by atoms with Crippen molar-refractivity contribution in [3.05, 3.63) is 109 Å². The first-order valence-electron chi connectivity index (χ1n) is 28.8. The van der Waals surface area contributed by atoms with Crippen LogP contribution >= 0.6 is 7.82 Å². The summed E-state index contributed by atoms with van der Waals surface area (Å²) in [5.74, 6) is -1.58. The smallest absolute Gasteiger partial charge is 0.462 e. The molecule has 0 rings (SSSR count). The van der Waals surface area contributed by atoms with E-state index in [1.807, 2.05) is 12.2 Å². The van der Waals surface area contributed by atoms with Gasteiger partial charge in [0.05, 0.1) is 19.8 Å². The van der Waals surface area contributed by atoms with Gasteiger partial charge in [0.25, 0.3) is 0 Å². The van der Waals surface area contributed by atoms with Crippen LogP contribution in [0.5, 0.6) is 0 Å². The van der Waals surface area contributed by atoms with Gasteiger partial charge in [0.1, 0.15) is 12.7 Å². The van der Waals surface area contributed by atoms with Crippen LogP contribution < -0.4 is 0 Å². The van der Waals surface area contributed by atoms with Crippen LogP contribution in [-0.2, 0) is 42.2 Å². The van der Waals surface area contributed by atoms with Crippen LogP contribution in [0.25, 0.3) is 0 Å². The number of aliphatic hydroxyl groups is 1. The van der Waals surface area contributed by atoms with E-state index in [1.165, 1.54) is 38.5 Å². The summed E-state index contributed by atoms with van der Waals surface area (Å²) in [5, 5.41) is 9.79. The summed E-state index contributed by atoms with van der Waals surface area (Å²) in [7, 11) is -4.78. The van der Waals surface area contributed by atoms with Gasteiger partial charge in [-0.1, -0.05) is 207 Å². The first-order chi connectivity index (χ1) is 36.2. The lowest BCUT2D eigenvalue weighted by molar-refractivity contribution is -0.161. The number of unbranched alkanes of at least 4 members (excludes halogenated alkanes) is 17. The highest BCUT2D eigenvalue weighted by molar-refractivity contribution is 7.47. The van der Waals surface area contributed by atoms with E-state index in [4.69, 9.17) is 23.3 Å². The molecular formula is C62H103O11P. The third-order valence-corrected chi connectivity index (χ3v) is 12.6. The number of ether oxygens (including phenoxy) is 3. The molecule has 0 radical (unpaired) electrons. The number of carbonyl (C=O) groups excluding carboxylic acids is 3. The molecule has 0 aliphatic rings. The zero-order chi connectivity index (χ0) is 54.1. The molecule has 0 aromatic carbocycles. The number of rotatable bonds is 52. The number of carbonyl (C=O) groups is 3. The SMILES string of the molecule is CC/C=C\C/C=C\C/C=C\C/C=C\CCCCCCCCC(=O)OC(COC(=O)CCCCCCC/C=C\CCCCCCCC)COP(=O)(O)OCC(CO)OC(=O)CC/C=C\C/C=C\C/C=C\C/C=C\CC. The summed E-state index contributed by atoms with van der Waals surface area (Å²) in [4.78, 5) is 48.5. The Balaban J connectivity index is 4.83. The van der Waals surface area contributed by atoms with Gasteiger partial charge in [-0.3, -0.25) is 23.4 Å². The van der Waals surface area contributed by atoms with Gasteiger partial charge in [0.2, 0.25) is 0 Å². The lowest BCUT2D eigenvalue weighted by atomic mass is 10.1. The first-order valence-corrected chi connectivity index (χ1v) is 30.3. The molecular weight excluding hydrogens is 952 g/mol. The molecule has 3 unspecified atom stereocenters. The Kier molecular flexibility index (Phi) is 52.5. The van der Waals surface area contributed by atoms with Crippen molar-refractivity contribution in [2.45, 2.75) is 238 Å². The molecule has 0 amide bonds. The molecule has 0 saturated carbocycles. The molecule has 422 valence electrons. The largest absolute Gasteiger partial charge is 0.472 e. The lowest BCUT2D eigenvalue weighted by Gasteiger charge is -2.21. The van der Waals surface area contributed by atoms with Crippen molar-refractivity contribution in [1.29, 1.82) is 0 Å². The third-order valence-electron chi connectivity index (χ3n) is 11.7. The second kappa shape index (κ2) is 55.4. The van der Waals surface area contributed by atoms with Crippen molar-refractivity contribution in [2.75, 3.05) is 26.4 Å². The topological polar surface area (TPSA) is 155 Å². The van der Waals surface area contributed by atoms with Crippen LogP contribution in [0.15, 0.2) is 109 Å². The number of aliphatic hydroxyl groups excluding tert-OH is 1. The molecule has 3 atom stereocenters. The molecule has 0 heterocycles. The van der Waals surface area contributed by atoms with E-state index in [0.717, 1.165) is 128 Å². The molecule has 0 spiro atoms. The van der Waals surface area contributed by atoms with E-state index in [-0.39, 0.29) is 25.9 Å². The predicted molar refractivity (Wildman–Crippen MR) is 307 cm³/mol. The molecule has 12 heteroatoms. The predicted octanol–water partition coefficient (Wildman–Crippen LogP) is 17.0. The van der Waals surface area contributed by atoms with Crippen molar-refractivity contribution in [3.8, 4) is 0 Å². The summed E-state index contributed by atoms with van der Waals surface area (Å²) in [6, 6.07) is 0. The summed E-state index contributed by atoms with van der Waals surface area (Å²) >= 11 is 0. The van der Waals surface area contributed by atoms with Crippen molar-refractivity contribution in [3.63, 3.8) is 0 Å². The van der Waals surface area contributed by atoms with Crippen LogP contribution in [0.4, 0.5) is 0 Å². The molecule has 2 N–H and O–H groups in total. The summed E-state index contributed by atoms with van der Waals surface area (Å²) in [6.07, 6.45) is 66.3. The Morgan fingerprint density at radius 1 is 0.392 bits per heavy atom. The second-order valence-corrected chi connectivity index (χ2v) is 20.1. The second-order valence-electron chi connectivity index (χ2n) is 18.7. The van der Waals surface area contributed by atoms with Crippen molar-refractivity contribution in [1.82, 2.24) is 0 Å². The van der Waals surface area contributed by atoms with E-state index in [2.05, 4.69) is 118 Å². The van der Waals surface area contributed by atoms with Crippen molar-refractivity contribution in [2.24, 2.45) is 0 Å². The van der Waals surface area contributed by atoms with Gasteiger partial charge in [0, 0.05) is 19.3 Å². The highest BCUT2D eigenvalue weighted by atomic mass is 31.2. The molecule has 0 saturated heterocycles. The quantitative estimate of drug-likeness (QED) is 0.0197. The number of esters is 3. The maximum atomic E-state index is 12.9. The van der Waals surface area contributed by atoms with Crippen molar-refractivity contribution < 1.29 is 52.2 Å². The zero-order valence-electron chi connectivity index (χ0n) is 46.5. The molecule has 11 nitrogen and oxygen atoms in total. The Hall–Kier alpha value is -3.86. The number of hydrogen-bond acceptors (Lipinski definition) is 10. The maximum Gasteiger partial charge on any atom is 0.472 e. The first kappa shape index (κ1) is 70.1. The zero-order valence-corrected chi connectivity index (χ0v) is 47.4. The minimum absolute atomic E-state index is 0.0499. The number of phosphoric ester groups is 1. The van der Waals surface area contributed by atoms with Crippen molar-refractivity contribution >= 4 is 25.7 Å². The Labute approximate surface area is 450 Å². The van der Waals surface area contributed by atoms with Gasteiger partial charge >= 0.3 is 25.7 Å².